The van der Waals surface area contributed by atoms with E-state index in [1.807, 2.05) is 0 Å². The van der Waals surface area contributed by atoms with Crippen LogP contribution in [0.1, 0.15) is 71.1 Å². The Kier molecular flexibility index (Phi) is 4.87. The molecule has 2 nitrogen and oxygen atoms in total. The number of rotatable bonds is 3. The van der Waals surface area contributed by atoms with Crippen LogP contribution in [0.4, 0.5) is 0 Å². The molecule has 2 fully saturated rings. The molecule has 0 aromatic carbocycles. The van der Waals surface area contributed by atoms with E-state index in [0.29, 0.717) is 5.92 Å². The van der Waals surface area contributed by atoms with Crippen molar-refractivity contribution in [2.24, 2.45) is 11.8 Å². The fourth-order valence-corrected chi connectivity index (χ4v) is 3.38. The van der Waals surface area contributed by atoms with Crippen molar-refractivity contribution in [3.05, 3.63) is 0 Å². The molecule has 0 aromatic rings. The molecule has 2 aliphatic rings. The highest BCUT2D eigenvalue weighted by Crippen LogP contribution is 2.31. The number of carbonyl (C=O) groups excluding carboxylic acids is 1. The van der Waals surface area contributed by atoms with Gasteiger partial charge in [0.15, 0.2) is 0 Å². The lowest BCUT2D eigenvalue weighted by molar-refractivity contribution is -0.159. The zero-order chi connectivity index (χ0) is 12.1. The lowest BCUT2D eigenvalue weighted by Crippen LogP contribution is -2.32. The van der Waals surface area contributed by atoms with Crippen molar-refractivity contribution in [3.8, 4) is 0 Å². The van der Waals surface area contributed by atoms with Crippen molar-refractivity contribution in [3.63, 3.8) is 0 Å². The normalized spacial score (nSPS) is 31.1. The van der Waals surface area contributed by atoms with Gasteiger partial charge < -0.3 is 4.74 Å². The van der Waals surface area contributed by atoms with Crippen LogP contribution in [0.25, 0.3) is 0 Å². The third kappa shape index (κ3) is 3.46. The molecule has 0 heterocycles. The van der Waals surface area contributed by atoms with Crippen LogP contribution in [0.15, 0.2) is 0 Å². The third-order valence-electron chi connectivity index (χ3n) is 4.57. The van der Waals surface area contributed by atoms with Crippen LogP contribution in [0, 0.1) is 11.8 Å². The molecule has 0 N–H and O–H groups in total. The molecule has 98 valence electrons. The van der Waals surface area contributed by atoms with E-state index in [0.717, 1.165) is 25.7 Å². The molecule has 2 heteroatoms. The SMILES string of the molecule is CCC1CCCCC1OC(=O)C1CCCCC1. The van der Waals surface area contributed by atoms with Gasteiger partial charge in [-0.15, -0.1) is 0 Å². The minimum absolute atomic E-state index is 0.107. The first-order valence-corrected chi connectivity index (χ1v) is 7.51. The summed E-state index contributed by atoms with van der Waals surface area (Å²) < 4.78 is 5.80. The zero-order valence-electron chi connectivity index (χ0n) is 11.1. The van der Waals surface area contributed by atoms with Crippen molar-refractivity contribution in [2.45, 2.75) is 77.2 Å². The van der Waals surface area contributed by atoms with Crippen molar-refractivity contribution < 1.29 is 9.53 Å². The Morgan fingerprint density at radius 2 is 1.65 bits per heavy atom. The molecule has 0 saturated heterocycles. The maximum Gasteiger partial charge on any atom is 0.309 e. The van der Waals surface area contributed by atoms with Crippen LogP contribution in [0.5, 0.6) is 0 Å². The number of ether oxygens (including phenoxy) is 1. The van der Waals surface area contributed by atoms with E-state index in [9.17, 15) is 4.79 Å². The largest absolute Gasteiger partial charge is 0.462 e. The zero-order valence-corrected chi connectivity index (χ0v) is 11.1. The van der Waals surface area contributed by atoms with Gasteiger partial charge in [-0.1, -0.05) is 32.6 Å². The average molecular weight is 238 g/mol. The Hall–Kier alpha value is -0.530. The first kappa shape index (κ1) is 12.9. The lowest BCUT2D eigenvalue weighted by Gasteiger charge is -2.32. The summed E-state index contributed by atoms with van der Waals surface area (Å²) in [7, 11) is 0. The standard InChI is InChI=1S/C15H26O2/c1-2-12-8-6-7-11-14(12)17-15(16)13-9-4-3-5-10-13/h12-14H,2-11H2,1H3. The number of esters is 1. The van der Waals surface area contributed by atoms with Gasteiger partial charge in [-0.3, -0.25) is 4.79 Å². The Morgan fingerprint density at radius 3 is 2.35 bits per heavy atom. The van der Waals surface area contributed by atoms with Crippen LogP contribution in [-0.2, 0) is 9.53 Å². The van der Waals surface area contributed by atoms with E-state index in [1.54, 1.807) is 0 Å². The van der Waals surface area contributed by atoms with E-state index >= 15 is 0 Å². The quantitative estimate of drug-likeness (QED) is 0.692. The summed E-state index contributed by atoms with van der Waals surface area (Å²) >= 11 is 0. The molecule has 0 aromatic heterocycles. The lowest BCUT2D eigenvalue weighted by atomic mass is 9.84. The predicted molar refractivity (Wildman–Crippen MR) is 68.7 cm³/mol. The molecule has 2 unspecified atom stereocenters. The van der Waals surface area contributed by atoms with E-state index in [2.05, 4.69) is 6.92 Å². The molecule has 2 rings (SSSR count). The Bertz CT molecular complexity index is 243. The molecule has 17 heavy (non-hydrogen) atoms. The van der Waals surface area contributed by atoms with E-state index < -0.39 is 0 Å². The van der Waals surface area contributed by atoms with Gasteiger partial charge in [0.2, 0.25) is 0 Å². The summed E-state index contributed by atoms with van der Waals surface area (Å²) in [6, 6.07) is 0. The first-order chi connectivity index (χ1) is 8.31. The third-order valence-corrected chi connectivity index (χ3v) is 4.57. The molecule has 2 aliphatic carbocycles. The van der Waals surface area contributed by atoms with Crippen LogP contribution in [0.2, 0.25) is 0 Å². The second-order valence-electron chi connectivity index (χ2n) is 5.76. The summed E-state index contributed by atoms with van der Waals surface area (Å²) in [6.07, 6.45) is 12.1. The molecule has 0 amide bonds. The van der Waals surface area contributed by atoms with Crippen LogP contribution in [-0.4, -0.2) is 12.1 Å². The Morgan fingerprint density at radius 1 is 1.00 bits per heavy atom. The molecule has 0 spiro atoms. The fourth-order valence-electron chi connectivity index (χ4n) is 3.38. The summed E-state index contributed by atoms with van der Waals surface area (Å²) in [5.41, 5.74) is 0. The highest BCUT2D eigenvalue weighted by Gasteiger charge is 2.30. The molecule has 0 aliphatic heterocycles. The van der Waals surface area contributed by atoms with Crippen molar-refractivity contribution in [2.75, 3.05) is 0 Å². The van der Waals surface area contributed by atoms with Crippen LogP contribution < -0.4 is 0 Å². The predicted octanol–water partition coefficient (Wildman–Crippen LogP) is 4.08. The van der Waals surface area contributed by atoms with Gasteiger partial charge in [0, 0.05) is 0 Å². The average Bonchev–Trinajstić information content (AvgIpc) is 2.40. The van der Waals surface area contributed by atoms with E-state index in [-0.39, 0.29) is 18.0 Å². The second-order valence-corrected chi connectivity index (χ2v) is 5.76. The van der Waals surface area contributed by atoms with Crippen LogP contribution in [0.3, 0.4) is 0 Å². The fraction of sp³-hybridized carbons (Fsp3) is 0.933. The van der Waals surface area contributed by atoms with Gasteiger partial charge in [0.05, 0.1) is 5.92 Å². The molecule has 0 bridgehead atoms. The highest BCUT2D eigenvalue weighted by molar-refractivity contribution is 5.72. The van der Waals surface area contributed by atoms with E-state index in [1.165, 1.54) is 38.5 Å². The Labute approximate surface area is 105 Å². The van der Waals surface area contributed by atoms with Gasteiger partial charge in [0.25, 0.3) is 0 Å². The van der Waals surface area contributed by atoms with Gasteiger partial charge >= 0.3 is 5.97 Å². The maximum absolute atomic E-state index is 12.1. The van der Waals surface area contributed by atoms with Crippen molar-refractivity contribution in [1.82, 2.24) is 0 Å². The first-order valence-electron chi connectivity index (χ1n) is 7.51. The monoisotopic (exact) mass is 238 g/mol. The molecule has 0 radical (unpaired) electrons. The van der Waals surface area contributed by atoms with Gasteiger partial charge in [-0.2, -0.15) is 0 Å². The highest BCUT2D eigenvalue weighted by atomic mass is 16.5. The minimum Gasteiger partial charge on any atom is -0.462 e. The maximum atomic E-state index is 12.1. The summed E-state index contributed by atoms with van der Waals surface area (Å²) in [4.78, 5) is 12.1. The molecule has 2 saturated carbocycles. The topological polar surface area (TPSA) is 26.3 Å². The number of carbonyl (C=O) groups is 1. The van der Waals surface area contributed by atoms with E-state index in [4.69, 9.17) is 4.74 Å². The summed E-state index contributed by atoms with van der Waals surface area (Å²) in [5.74, 6) is 0.939. The van der Waals surface area contributed by atoms with Gasteiger partial charge in [0.1, 0.15) is 6.10 Å². The number of hydrogen-bond donors (Lipinski definition) is 0. The van der Waals surface area contributed by atoms with Crippen molar-refractivity contribution >= 4 is 5.97 Å². The smallest absolute Gasteiger partial charge is 0.309 e. The summed E-state index contributed by atoms with van der Waals surface area (Å²) in [5, 5.41) is 0. The molecular formula is C15H26O2. The molecular weight excluding hydrogens is 212 g/mol. The molecule has 2 atom stereocenters. The second kappa shape index (κ2) is 6.42. The van der Waals surface area contributed by atoms with Gasteiger partial charge in [-0.25, -0.2) is 0 Å². The van der Waals surface area contributed by atoms with Gasteiger partial charge in [-0.05, 0) is 44.4 Å². The van der Waals surface area contributed by atoms with Crippen LogP contribution >= 0.6 is 0 Å². The number of hydrogen-bond acceptors (Lipinski definition) is 2. The van der Waals surface area contributed by atoms with Crippen molar-refractivity contribution in [1.29, 1.82) is 0 Å². The Balaban J connectivity index is 1.83. The summed E-state index contributed by atoms with van der Waals surface area (Å²) in [6.45, 7) is 2.22. The minimum atomic E-state index is 0.107.